The minimum atomic E-state index is -3.11. The number of halogens is 1. The second-order valence-electron chi connectivity index (χ2n) is 6.69. The summed E-state index contributed by atoms with van der Waals surface area (Å²) in [4.78, 5) is 17.0. The van der Waals surface area contributed by atoms with Gasteiger partial charge in [0.2, 0.25) is 0 Å². The van der Waals surface area contributed by atoms with Crippen molar-refractivity contribution in [3.05, 3.63) is 69.2 Å². The van der Waals surface area contributed by atoms with Gasteiger partial charge in [-0.2, -0.15) is 0 Å². The summed E-state index contributed by atoms with van der Waals surface area (Å²) in [5.41, 5.74) is 1.79. The van der Waals surface area contributed by atoms with Crippen LogP contribution in [0.1, 0.15) is 5.56 Å². The van der Waals surface area contributed by atoms with E-state index < -0.39 is 14.8 Å². The Kier molecular flexibility index (Phi) is 5.07. The van der Waals surface area contributed by atoms with Crippen LogP contribution in [0.15, 0.2) is 53.5 Å². The average Bonchev–Trinajstić information content (AvgIpc) is 3.11. The highest BCUT2D eigenvalue weighted by Crippen LogP contribution is 2.36. The molecule has 2 aliphatic heterocycles. The van der Waals surface area contributed by atoms with E-state index >= 15 is 0 Å². The number of nitro benzene ring substituents is 1. The number of fused-ring (bicyclic) bond motifs is 1. The average molecular weight is 438 g/mol. The lowest BCUT2D eigenvalue weighted by molar-refractivity contribution is -0.384. The van der Waals surface area contributed by atoms with E-state index in [2.05, 4.69) is 4.99 Å². The topological polar surface area (TPSA) is 92.9 Å². The van der Waals surface area contributed by atoms with Crippen molar-refractivity contribution < 1.29 is 13.3 Å². The van der Waals surface area contributed by atoms with Gasteiger partial charge >= 0.3 is 0 Å². The van der Waals surface area contributed by atoms with Crippen molar-refractivity contribution in [2.45, 2.75) is 17.8 Å². The molecule has 2 aliphatic rings. The predicted octanol–water partition coefficient (Wildman–Crippen LogP) is 3.52. The van der Waals surface area contributed by atoms with E-state index in [-0.39, 0.29) is 29.3 Å². The Morgan fingerprint density at radius 1 is 1.21 bits per heavy atom. The van der Waals surface area contributed by atoms with Crippen LogP contribution < -0.4 is 4.90 Å². The van der Waals surface area contributed by atoms with Crippen molar-refractivity contribution in [3.8, 4) is 0 Å². The van der Waals surface area contributed by atoms with Gasteiger partial charge in [-0.05, 0) is 23.8 Å². The van der Waals surface area contributed by atoms with Crippen molar-refractivity contribution >= 4 is 49.7 Å². The maximum atomic E-state index is 12.1. The lowest BCUT2D eigenvalue weighted by Gasteiger charge is -2.26. The lowest BCUT2D eigenvalue weighted by atomic mass is 10.1. The zero-order valence-corrected chi connectivity index (χ0v) is 17.0. The van der Waals surface area contributed by atoms with Gasteiger partial charge in [-0.25, -0.2) is 8.42 Å². The number of nitrogens with zero attached hydrogens (tertiary/aromatic N) is 3. The highest BCUT2D eigenvalue weighted by atomic mass is 35.5. The molecule has 10 heteroatoms. The van der Waals surface area contributed by atoms with Crippen molar-refractivity contribution in [3.63, 3.8) is 0 Å². The van der Waals surface area contributed by atoms with E-state index in [1.807, 2.05) is 17.0 Å². The summed E-state index contributed by atoms with van der Waals surface area (Å²) in [5.74, 6) is 0.686. The number of hydrogen-bond donors (Lipinski definition) is 0. The molecule has 0 radical (unpaired) electrons. The molecule has 28 heavy (non-hydrogen) atoms. The maximum absolute atomic E-state index is 12.1. The first kappa shape index (κ1) is 19.2. The van der Waals surface area contributed by atoms with Gasteiger partial charge in [0.1, 0.15) is 0 Å². The number of thioether (sulfide) groups is 1. The molecule has 4 rings (SSSR count). The number of hydrogen-bond acceptors (Lipinski definition) is 7. The predicted molar refractivity (Wildman–Crippen MR) is 112 cm³/mol. The molecule has 0 aromatic heterocycles. The third-order valence-electron chi connectivity index (χ3n) is 4.71. The Morgan fingerprint density at radius 2 is 1.96 bits per heavy atom. The molecule has 2 aromatic rings. The van der Waals surface area contributed by atoms with E-state index in [1.165, 1.54) is 23.9 Å². The fourth-order valence-corrected chi connectivity index (χ4v) is 6.53. The number of aliphatic imine (C=N–C) groups is 1. The van der Waals surface area contributed by atoms with Gasteiger partial charge < -0.3 is 4.90 Å². The molecule has 2 aromatic carbocycles. The molecule has 0 bridgehead atoms. The Morgan fingerprint density at radius 3 is 2.64 bits per heavy atom. The normalized spacial score (nSPS) is 22.8. The van der Waals surface area contributed by atoms with Crippen LogP contribution in [0.5, 0.6) is 0 Å². The number of benzene rings is 2. The first-order chi connectivity index (χ1) is 13.3. The van der Waals surface area contributed by atoms with Crippen LogP contribution in [-0.2, 0) is 15.6 Å². The Labute approximate surface area is 171 Å². The molecule has 146 valence electrons. The fourth-order valence-electron chi connectivity index (χ4n) is 3.42. The van der Waals surface area contributed by atoms with Crippen LogP contribution in [0.25, 0.3) is 0 Å². The van der Waals surface area contributed by atoms with Crippen LogP contribution in [0.4, 0.5) is 11.4 Å². The van der Waals surface area contributed by atoms with Gasteiger partial charge in [0.15, 0.2) is 15.0 Å². The molecule has 0 N–H and O–H groups in total. The molecule has 0 spiro atoms. The van der Waals surface area contributed by atoms with Gasteiger partial charge in [0.25, 0.3) is 5.69 Å². The van der Waals surface area contributed by atoms with Gasteiger partial charge in [0, 0.05) is 28.6 Å². The van der Waals surface area contributed by atoms with Crippen molar-refractivity contribution in [1.29, 1.82) is 0 Å². The molecule has 2 atom stereocenters. The molecule has 1 fully saturated rings. The zero-order chi connectivity index (χ0) is 19.9. The molecule has 2 unspecified atom stereocenters. The molecule has 0 amide bonds. The number of anilines is 1. The van der Waals surface area contributed by atoms with Gasteiger partial charge in [-0.1, -0.05) is 41.6 Å². The second kappa shape index (κ2) is 7.38. The Bertz CT molecular complexity index is 1060. The minimum absolute atomic E-state index is 0.0484. The molecule has 7 nitrogen and oxygen atoms in total. The third kappa shape index (κ3) is 3.87. The maximum Gasteiger partial charge on any atom is 0.269 e. The molecule has 0 saturated carbocycles. The summed E-state index contributed by atoms with van der Waals surface area (Å²) >= 11 is 7.62. The summed E-state index contributed by atoms with van der Waals surface area (Å²) in [6, 6.07) is 13.2. The molecular weight excluding hydrogens is 422 g/mol. The fraction of sp³-hybridized carbons (Fsp3) is 0.278. The summed E-state index contributed by atoms with van der Waals surface area (Å²) < 4.78 is 24.2. The molecule has 0 aliphatic carbocycles. The SMILES string of the molecule is O=[N+]([O-])c1ccc(CSC2=NC3CS(=O)(=O)CC3N2c2cccc(Cl)c2)cc1. The number of non-ortho nitro benzene ring substituents is 1. The summed E-state index contributed by atoms with van der Waals surface area (Å²) in [6.45, 7) is 0. The number of nitro groups is 1. The third-order valence-corrected chi connectivity index (χ3v) is 7.68. The van der Waals surface area contributed by atoms with Crippen LogP contribution >= 0.6 is 23.4 Å². The monoisotopic (exact) mass is 437 g/mol. The van der Waals surface area contributed by atoms with E-state index in [9.17, 15) is 18.5 Å². The van der Waals surface area contributed by atoms with Crippen molar-refractivity contribution in [2.75, 3.05) is 16.4 Å². The summed E-state index contributed by atoms with van der Waals surface area (Å²) in [6.07, 6.45) is 0. The molecule has 1 saturated heterocycles. The Balaban J connectivity index is 1.58. The zero-order valence-electron chi connectivity index (χ0n) is 14.6. The lowest BCUT2D eigenvalue weighted by Crippen LogP contribution is -2.39. The van der Waals surface area contributed by atoms with Crippen molar-refractivity contribution in [2.24, 2.45) is 4.99 Å². The summed E-state index contributed by atoms with van der Waals surface area (Å²) in [7, 11) is -3.11. The number of rotatable bonds is 4. The van der Waals surface area contributed by atoms with Crippen molar-refractivity contribution in [1.82, 2.24) is 0 Å². The van der Waals surface area contributed by atoms with Gasteiger partial charge in [0.05, 0.1) is 28.5 Å². The first-order valence-corrected chi connectivity index (χ1v) is 11.7. The van der Waals surface area contributed by atoms with Crippen LogP contribution in [0.2, 0.25) is 5.02 Å². The van der Waals surface area contributed by atoms with Crippen LogP contribution in [-0.4, -0.2) is 42.1 Å². The highest BCUT2D eigenvalue weighted by Gasteiger charge is 2.47. The summed E-state index contributed by atoms with van der Waals surface area (Å²) in [5, 5.41) is 12.1. The standard InChI is InChI=1S/C18H16ClN3O4S2/c19-13-2-1-3-15(8-13)21-17-11-28(25,26)10-16(17)20-18(21)27-9-12-4-6-14(7-5-12)22(23)24/h1-8,16-17H,9-11H2. The van der Waals surface area contributed by atoms with Crippen LogP contribution in [0.3, 0.4) is 0 Å². The smallest absolute Gasteiger partial charge is 0.269 e. The van der Waals surface area contributed by atoms with Crippen LogP contribution in [0, 0.1) is 10.1 Å². The van der Waals surface area contributed by atoms with E-state index in [4.69, 9.17) is 11.6 Å². The largest absolute Gasteiger partial charge is 0.315 e. The van der Waals surface area contributed by atoms with E-state index in [0.717, 1.165) is 16.4 Å². The highest BCUT2D eigenvalue weighted by molar-refractivity contribution is 8.13. The minimum Gasteiger partial charge on any atom is -0.315 e. The molecule has 2 heterocycles. The molecular formula is C18H16ClN3O4S2. The number of amidine groups is 1. The first-order valence-electron chi connectivity index (χ1n) is 8.51. The Hall–Kier alpha value is -2.10. The quantitative estimate of drug-likeness (QED) is 0.536. The number of sulfone groups is 1. The van der Waals surface area contributed by atoms with Gasteiger partial charge in [-0.3, -0.25) is 15.1 Å². The van der Waals surface area contributed by atoms with E-state index in [0.29, 0.717) is 10.8 Å². The van der Waals surface area contributed by atoms with Gasteiger partial charge in [-0.15, -0.1) is 0 Å². The van der Waals surface area contributed by atoms with E-state index in [1.54, 1.807) is 24.3 Å². The second-order valence-corrected chi connectivity index (χ2v) is 10.2.